The molecule has 1 fully saturated rings. The van der Waals surface area contributed by atoms with Crippen LogP contribution in [0.25, 0.3) is 0 Å². The highest BCUT2D eigenvalue weighted by molar-refractivity contribution is 7.89. The average molecular weight is 478 g/mol. The molecule has 2 heterocycles. The van der Waals surface area contributed by atoms with E-state index < -0.39 is 40.5 Å². The molecule has 1 aliphatic rings. The minimum atomic E-state index is -3.59. The number of sulfonamides is 1. The van der Waals surface area contributed by atoms with Crippen molar-refractivity contribution in [3.63, 3.8) is 0 Å². The van der Waals surface area contributed by atoms with Crippen molar-refractivity contribution < 1.29 is 32.0 Å². The van der Waals surface area contributed by atoms with Crippen molar-refractivity contribution in [2.24, 2.45) is 0 Å². The number of benzene rings is 1. The Morgan fingerprint density at radius 2 is 1.85 bits per heavy atom. The van der Waals surface area contributed by atoms with Gasteiger partial charge in [-0.05, 0) is 49.2 Å². The fourth-order valence-electron chi connectivity index (χ4n) is 3.65. The lowest BCUT2D eigenvalue weighted by Crippen LogP contribution is -2.42. The topological polar surface area (TPSA) is 126 Å². The normalized spacial score (nSPS) is 16.1. The van der Waals surface area contributed by atoms with Crippen LogP contribution in [0.1, 0.15) is 37.2 Å². The van der Waals surface area contributed by atoms with Crippen LogP contribution in [0.2, 0.25) is 0 Å². The molecule has 0 saturated carbocycles. The second kappa shape index (κ2) is 10.6. The Kier molecular flexibility index (Phi) is 7.88. The molecule has 0 unspecified atom stereocenters. The molecule has 10 nitrogen and oxygen atoms in total. The lowest BCUT2D eigenvalue weighted by molar-refractivity contribution is -0.151. The van der Waals surface area contributed by atoms with Gasteiger partial charge >= 0.3 is 5.97 Å². The second-order valence-electron chi connectivity index (χ2n) is 7.40. The molecule has 0 spiro atoms. The van der Waals surface area contributed by atoms with Crippen molar-refractivity contribution in [2.45, 2.75) is 37.6 Å². The summed E-state index contributed by atoms with van der Waals surface area (Å²) in [6, 6.07) is 8.09. The number of rotatable bonds is 9. The maximum atomic E-state index is 12.5. The summed E-state index contributed by atoms with van der Waals surface area (Å²) < 4.78 is 36.6. The number of hydrogen-bond donors (Lipinski definition) is 1. The molecule has 1 N–H and O–H groups in total. The molecule has 11 heteroatoms. The van der Waals surface area contributed by atoms with E-state index in [2.05, 4.69) is 5.32 Å². The number of anilines is 1. The van der Waals surface area contributed by atoms with E-state index in [1.807, 2.05) is 0 Å². The minimum Gasteiger partial charge on any atom is -0.459 e. The van der Waals surface area contributed by atoms with Gasteiger partial charge in [-0.1, -0.05) is 13.8 Å². The molecule has 2 aromatic rings. The first-order valence-electron chi connectivity index (χ1n) is 10.7. The van der Waals surface area contributed by atoms with Crippen molar-refractivity contribution in [3.05, 3.63) is 48.4 Å². The van der Waals surface area contributed by atoms with Crippen molar-refractivity contribution in [1.82, 2.24) is 9.21 Å². The monoisotopic (exact) mass is 477 g/mol. The van der Waals surface area contributed by atoms with E-state index in [-0.39, 0.29) is 10.7 Å². The smallest absolute Gasteiger partial charge is 0.329 e. The second-order valence-corrected chi connectivity index (χ2v) is 9.34. The molecule has 1 atom stereocenters. The summed E-state index contributed by atoms with van der Waals surface area (Å²) in [7, 11) is -3.59. The Balaban J connectivity index is 1.54. The van der Waals surface area contributed by atoms with E-state index in [1.165, 1.54) is 45.8 Å². The molecular weight excluding hydrogens is 450 g/mol. The van der Waals surface area contributed by atoms with Crippen molar-refractivity contribution in [2.75, 3.05) is 31.6 Å². The van der Waals surface area contributed by atoms with Gasteiger partial charge in [0, 0.05) is 25.3 Å². The van der Waals surface area contributed by atoms with Crippen LogP contribution in [0.4, 0.5) is 5.69 Å². The van der Waals surface area contributed by atoms with Crippen LogP contribution in [0.15, 0.2) is 52.0 Å². The van der Waals surface area contributed by atoms with E-state index in [4.69, 9.17) is 9.15 Å². The van der Waals surface area contributed by atoms with E-state index in [0.717, 1.165) is 0 Å². The van der Waals surface area contributed by atoms with Gasteiger partial charge in [-0.15, -0.1) is 0 Å². The largest absolute Gasteiger partial charge is 0.459 e. The minimum absolute atomic E-state index is 0.123. The number of ether oxygens (including phenoxy) is 1. The molecule has 1 aromatic carbocycles. The third-order valence-electron chi connectivity index (χ3n) is 5.34. The molecule has 0 aliphatic carbocycles. The van der Waals surface area contributed by atoms with Gasteiger partial charge in [0.15, 0.2) is 12.4 Å². The summed E-state index contributed by atoms with van der Waals surface area (Å²) in [6.07, 6.45) is 2.46. The number of carbonyl (C=O) groups excluding carboxylic acids is 3. The highest BCUT2D eigenvalue weighted by Gasteiger charge is 2.36. The van der Waals surface area contributed by atoms with Crippen LogP contribution in [-0.4, -0.2) is 67.7 Å². The maximum Gasteiger partial charge on any atom is 0.329 e. The van der Waals surface area contributed by atoms with Crippen LogP contribution in [-0.2, 0) is 24.3 Å². The molecule has 1 aliphatic heterocycles. The fraction of sp³-hybridized carbons (Fsp3) is 0.409. The van der Waals surface area contributed by atoms with Gasteiger partial charge in [0.05, 0.1) is 11.2 Å². The predicted molar refractivity (Wildman–Crippen MR) is 119 cm³/mol. The highest BCUT2D eigenvalue weighted by Crippen LogP contribution is 2.22. The van der Waals surface area contributed by atoms with E-state index in [9.17, 15) is 22.8 Å². The van der Waals surface area contributed by atoms with E-state index >= 15 is 0 Å². The fourth-order valence-corrected chi connectivity index (χ4v) is 5.11. The lowest BCUT2D eigenvalue weighted by Gasteiger charge is -2.22. The zero-order chi connectivity index (χ0) is 24.0. The van der Waals surface area contributed by atoms with E-state index in [1.54, 1.807) is 19.9 Å². The van der Waals surface area contributed by atoms with Gasteiger partial charge in [-0.25, -0.2) is 13.2 Å². The summed E-state index contributed by atoms with van der Waals surface area (Å²) in [5.41, 5.74) is 0.366. The lowest BCUT2D eigenvalue weighted by atomic mass is 10.2. The van der Waals surface area contributed by atoms with Gasteiger partial charge in [0.2, 0.25) is 10.0 Å². The van der Waals surface area contributed by atoms with Gasteiger partial charge in [-0.3, -0.25) is 9.59 Å². The first-order chi connectivity index (χ1) is 15.8. The zero-order valence-electron chi connectivity index (χ0n) is 18.5. The Hall–Kier alpha value is -3.18. The number of nitrogens with zero attached hydrogens (tertiary/aromatic N) is 2. The van der Waals surface area contributed by atoms with Crippen LogP contribution in [0, 0.1) is 0 Å². The maximum absolute atomic E-state index is 12.5. The van der Waals surface area contributed by atoms with Crippen molar-refractivity contribution in [1.29, 1.82) is 0 Å². The van der Waals surface area contributed by atoms with Crippen molar-refractivity contribution in [3.8, 4) is 0 Å². The highest BCUT2D eigenvalue weighted by atomic mass is 32.2. The van der Waals surface area contributed by atoms with Crippen LogP contribution in [0.5, 0.6) is 0 Å². The third-order valence-corrected chi connectivity index (χ3v) is 7.41. The summed E-state index contributed by atoms with van der Waals surface area (Å²) in [4.78, 5) is 38.7. The molecule has 0 radical (unpaired) electrons. The predicted octanol–water partition coefficient (Wildman–Crippen LogP) is 2.10. The van der Waals surface area contributed by atoms with Gasteiger partial charge in [-0.2, -0.15) is 4.31 Å². The Morgan fingerprint density at radius 3 is 2.45 bits per heavy atom. The van der Waals surface area contributed by atoms with Gasteiger partial charge in [0.25, 0.3) is 11.8 Å². The van der Waals surface area contributed by atoms with Crippen LogP contribution >= 0.6 is 0 Å². The number of esters is 1. The quantitative estimate of drug-likeness (QED) is 0.548. The summed E-state index contributed by atoms with van der Waals surface area (Å²) in [6.45, 7) is 4.09. The molecule has 3 rings (SSSR count). The molecule has 178 valence electrons. The SMILES string of the molecule is CCN(CC)S(=O)(=O)c1ccc(NC(=O)COC(=O)[C@@H]2CCCN2C(=O)c2ccco2)cc1. The first kappa shape index (κ1) is 24.5. The number of likely N-dealkylation sites (tertiary alicyclic amines) is 1. The van der Waals surface area contributed by atoms with E-state index in [0.29, 0.717) is 38.2 Å². The standard InChI is InChI=1S/C22H27N3O7S/c1-3-24(4-2)33(29,30)17-11-9-16(10-12-17)23-20(26)15-32-22(28)18-7-5-13-25(18)21(27)19-8-6-14-31-19/h6,8-12,14,18H,3-5,7,13,15H2,1-2H3,(H,23,26)/t18-/m0/s1. The van der Waals surface area contributed by atoms with Crippen molar-refractivity contribution >= 4 is 33.5 Å². The molecule has 1 saturated heterocycles. The number of nitrogens with one attached hydrogen (secondary N) is 1. The number of carbonyl (C=O) groups is 3. The molecule has 0 bridgehead atoms. The van der Waals surface area contributed by atoms with Crippen LogP contribution < -0.4 is 5.32 Å². The van der Waals surface area contributed by atoms with Gasteiger partial charge in [0.1, 0.15) is 6.04 Å². The Labute approximate surface area is 192 Å². The molecule has 33 heavy (non-hydrogen) atoms. The third kappa shape index (κ3) is 5.60. The zero-order valence-corrected chi connectivity index (χ0v) is 19.3. The first-order valence-corrected chi connectivity index (χ1v) is 12.1. The van der Waals surface area contributed by atoms with Gasteiger partial charge < -0.3 is 19.4 Å². The number of amides is 2. The number of hydrogen-bond acceptors (Lipinski definition) is 7. The average Bonchev–Trinajstić information content (AvgIpc) is 3.50. The number of furan rings is 1. The summed E-state index contributed by atoms with van der Waals surface area (Å²) in [5.74, 6) is -1.50. The molecule has 2 amide bonds. The Morgan fingerprint density at radius 1 is 1.15 bits per heavy atom. The summed E-state index contributed by atoms with van der Waals surface area (Å²) >= 11 is 0. The Bertz CT molecular complexity index is 1080. The van der Waals surface area contributed by atoms with Crippen LogP contribution in [0.3, 0.4) is 0 Å². The molecule has 1 aromatic heterocycles. The molecular formula is C22H27N3O7S. The summed E-state index contributed by atoms with van der Waals surface area (Å²) in [5, 5.41) is 2.56.